The Morgan fingerprint density at radius 3 is 2.19 bits per heavy atom. The number of rotatable bonds is 7. The Labute approximate surface area is 191 Å². The van der Waals surface area contributed by atoms with Crippen LogP contribution in [0.2, 0.25) is 5.02 Å². The molecule has 0 unspecified atom stereocenters. The maximum atomic E-state index is 12.5. The van der Waals surface area contributed by atoms with Gasteiger partial charge < -0.3 is 14.8 Å². The summed E-state index contributed by atoms with van der Waals surface area (Å²) in [6.45, 7) is 1.76. The number of ether oxygens (including phenoxy) is 2. The lowest BCUT2D eigenvalue weighted by Gasteiger charge is -2.09. The van der Waals surface area contributed by atoms with Crippen LogP contribution in [-0.4, -0.2) is 31.7 Å². The van der Waals surface area contributed by atoms with Crippen molar-refractivity contribution in [1.82, 2.24) is 5.43 Å². The number of benzene rings is 3. The minimum Gasteiger partial charge on any atom is -0.493 e. The molecule has 0 aliphatic carbocycles. The Morgan fingerprint density at radius 2 is 1.50 bits per heavy atom. The molecule has 0 heterocycles. The van der Waals surface area contributed by atoms with Crippen LogP contribution in [0.1, 0.15) is 33.2 Å². The van der Waals surface area contributed by atoms with Gasteiger partial charge in [-0.1, -0.05) is 23.7 Å². The van der Waals surface area contributed by atoms with Crippen molar-refractivity contribution in [1.29, 1.82) is 0 Å². The van der Waals surface area contributed by atoms with E-state index in [0.29, 0.717) is 39.0 Å². The van der Waals surface area contributed by atoms with E-state index in [0.717, 1.165) is 5.56 Å². The van der Waals surface area contributed by atoms with Crippen LogP contribution in [0.3, 0.4) is 0 Å². The Bertz CT molecular complexity index is 1160. The van der Waals surface area contributed by atoms with Gasteiger partial charge in [-0.25, -0.2) is 5.43 Å². The Hall–Kier alpha value is -3.84. The SMILES string of the molecule is COc1ccc(C(=O)N/N=C(/C)c2cccc(NC(=O)c3ccc(Cl)cc3)c2)cc1OC. The molecular weight excluding hydrogens is 430 g/mol. The highest BCUT2D eigenvalue weighted by Crippen LogP contribution is 2.27. The summed E-state index contributed by atoms with van der Waals surface area (Å²) in [7, 11) is 3.03. The molecule has 0 aliphatic heterocycles. The van der Waals surface area contributed by atoms with E-state index in [-0.39, 0.29) is 5.91 Å². The molecule has 0 saturated carbocycles. The van der Waals surface area contributed by atoms with Crippen molar-refractivity contribution in [3.05, 3.63) is 88.4 Å². The monoisotopic (exact) mass is 451 g/mol. The second kappa shape index (κ2) is 10.5. The van der Waals surface area contributed by atoms with Crippen molar-refractivity contribution in [3.63, 3.8) is 0 Å². The van der Waals surface area contributed by atoms with Crippen LogP contribution in [-0.2, 0) is 0 Å². The summed E-state index contributed by atoms with van der Waals surface area (Å²) < 4.78 is 10.4. The molecule has 3 rings (SSSR count). The highest BCUT2D eigenvalue weighted by Gasteiger charge is 2.11. The molecule has 0 atom stereocenters. The van der Waals surface area contributed by atoms with Gasteiger partial charge in [0.25, 0.3) is 11.8 Å². The van der Waals surface area contributed by atoms with E-state index < -0.39 is 5.91 Å². The fraction of sp³-hybridized carbons (Fsp3) is 0.125. The van der Waals surface area contributed by atoms with Gasteiger partial charge in [0.15, 0.2) is 11.5 Å². The molecule has 0 fully saturated rings. The molecule has 8 heteroatoms. The number of nitrogens with zero attached hydrogens (tertiary/aromatic N) is 1. The zero-order valence-corrected chi connectivity index (χ0v) is 18.6. The maximum Gasteiger partial charge on any atom is 0.271 e. The summed E-state index contributed by atoms with van der Waals surface area (Å²) in [5.41, 5.74) is 5.31. The van der Waals surface area contributed by atoms with E-state index in [1.54, 1.807) is 67.6 Å². The van der Waals surface area contributed by atoms with Crippen molar-refractivity contribution in [2.24, 2.45) is 5.10 Å². The van der Waals surface area contributed by atoms with Gasteiger partial charge in [0, 0.05) is 21.8 Å². The van der Waals surface area contributed by atoms with Gasteiger partial charge >= 0.3 is 0 Å². The van der Waals surface area contributed by atoms with Crippen molar-refractivity contribution in [3.8, 4) is 11.5 Å². The Balaban J connectivity index is 1.69. The number of amides is 2. The molecule has 2 amide bonds. The van der Waals surface area contributed by atoms with E-state index in [1.807, 2.05) is 6.07 Å². The van der Waals surface area contributed by atoms with Crippen LogP contribution in [0.5, 0.6) is 11.5 Å². The Morgan fingerprint density at radius 1 is 0.812 bits per heavy atom. The summed E-state index contributed by atoms with van der Waals surface area (Å²) in [5, 5.41) is 7.57. The van der Waals surface area contributed by atoms with E-state index >= 15 is 0 Å². The molecule has 32 heavy (non-hydrogen) atoms. The summed E-state index contributed by atoms with van der Waals surface area (Å²) in [5.74, 6) is 0.332. The van der Waals surface area contributed by atoms with E-state index in [9.17, 15) is 9.59 Å². The van der Waals surface area contributed by atoms with Gasteiger partial charge in [0.1, 0.15) is 0 Å². The summed E-state index contributed by atoms with van der Waals surface area (Å²) >= 11 is 5.87. The number of nitrogens with one attached hydrogen (secondary N) is 2. The third kappa shape index (κ3) is 5.65. The molecule has 0 aromatic heterocycles. The molecule has 3 aromatic rings. The number of carbonyl (C=O) groups excluding carboxylic acids is 2. The number of halogens is 1. The highest BCUT2D eigenvalue weighted by molar-refractivity contribution is 6.30. The number of anilines is 1. The molecule has 0 spiro atoms. The second-order valence-corrected chi connectivity index (χ2v) is 7.19. The lowest BCUT2D eigenvalue weighted by atomic mass is 10.1. The quantitative estimate of drug-likeness (QED) is 0.400. The third-order valence-corrected chi connectivity index (χ3v) is 4.87. The molecule has 0 saturated heterocycles. The second-order valence-electron chi connectivity index (χ2n) is 6.75. The largest absolute Gasteiger partial charge is 0.493 e. The average molecular weight is 452 g/mol. The third-order valence-electron chi connectivity index (χ3n) is 4.62. The normalized spacial score (nSPS) is 10.9. The van der Waals surface area contributed by atoms with E-state index in [4.69, 9.17) is 21.1 Å². The van der Waals surface area contributed by atoms with E-state index in [2.05, 4.69) is 15.8 Å². The van der Waals surface area contributed by atoms with Crippen LogP contribution in [0.25, 0.3) is 0 Å². The molecule has 0 radical (unpaired) electrons. The van der Waals surface area contributed by atoms with Gasteiger partial charge in [-0.2, -0.15) is 5.10 Å². The molecule has 7 nitrogen and oxygen atoms in total. The summed E-state index contributed by atoms with van der Waals surface area (Å²) in [6, 6.07) is 18.6. The molecule has 0 bridgehead atoms. The molecule has 0 aliphatic rings. The molecule has 3 aromatic carbocycles. The smallest absolute Gasteiger partial charge is 0.271 e. The minimum atomic E-state index is -0.391. The van der Waals surface area contributed by atoms with Crippen molar-refractivity contribution >= 4 is 34.8 Å². The predicted molar refractivity (Wildman–Crippen MR) is 125 cm³/mol. The van der Waals surface area contributed by atoms with Crippen LogP contribution in [0, 0.1) is 0 Å². The minimum absolute atomic E-state index is 0.254. The standard InChI is InChI=1S/C24H22ClN3O4/c1-15(27-28-24(30)18-9-12-21(31-2)22(14-18)32-3)17-5-4-6-20(13-17)26-23(29)16-7-10-19(25)11-8-16/h4-14H,1-3H3,(H,26,29)(H,28,30)/b27-15-. The highest BCUT2D eigenvalue weighted by atomic mass is 35.5. The predicted octanol–water partition coefficient (Wildman–Crippen LogP) is 4.76. The maximum absolute atomic E-state index is 12.5. The zero-order valence-electron chi connectivity index (χ0n) is 17.8. The van der Waals surface area contributed by atoms with Gasteiger partial charge in [-0.05, 0) is 67.1 Å². The molecular formula is C24H22ClN3O4. The van der Waals surface area contributed by atoms with Crippen molar-refractivity contribution < 1.29 is 19.1 Å². The number of hydrogen-bond acceptors (Lipinski definition) is 5. The van der Waals surface area contributed by atoms with Crippen LogP contribution < -0.4 is 20.2 Å². The van der Waals surface area contributed by atoms with Gasteiger partial charge in [-0.3, -0.25) is 9.59 Å². The zero-order chi connectivity index (χ0) is 23.1. The first-order chi connectivity index (χ1) is 15.4. The van der Waals surface area contributed by atoms with Gasteiger partial charge in [-0.15, -0.1) is 0 Å². The first kappa shape index (κ1) is 22.8. The fourth-order valence-corrected chi connectivity index (χ4v) is 2.99. The first-order valence-electron chi connectivity index (χ1n) is 9.65. The van der Waals surface area contributed by atoms with E-state index in [1.165, 1.54) is 14.2 Å². The summed E-state index contributed by atoms with van der Waals surface area (Å²) in [6.07, 6.45) is 0. The van der Waals surface area contributed by atoms with Crippen molar-refractivity contribution in [2.75, 3.05) is 19.5 Å². The lowest BCUT2D eigenvalue weighted by Crippen LogP contribution is -2.19. The average Bonchev–Trinajstić information content (AvgIpc) is 2.82. The number of hydrogen-bond donors (Lipinski definition) is 2. The van der Waals surface area contributed by atoms with Gasteiger partial charge in [0.2, 0.25) is 0 Å². The number of hydrazone groups is 1. The number of carbonyl (C=O) groups is 2. The van der Waals surface area contributed by atoms with Crippen LogP contribution in [0.15, 0.2) is 71.8 Å². The Kier molecular flexibility index (Phi) is 7.46. The first-order valence-corrected chi connectivity index (χ1v) is 10.0. The van der Waals surface area contributed by atoms with Crippen LogP contribution in [0.4, 0.5) is 5.69 Å². The number of methoxy groups -OCH3 is 2. The lowest BCUT2D eigenvalue weighted by molar-refractivity contribution is 0.0953. The summed E-state index contributed by atoms with van der Waals surface area (Å²) in [4.78, 5) is 24.9. The molecule has 2 N–H and O–H groups in total. The van der Waals surface area contributed by atoms with Crippen LogP contribution >= 0.6 is 11.6 Å². The molecule has 164 valence electrons. The fourth-order valence-electron chi connectivity index (χ4n) is 2.87. The van der Waals surface area contributed by atoms with Crippen molar-refractivity contribution in [2.45, 2.75) is 6.92 Å². The van der Waals surface area contributed by atoms with Gasteiger partial charge in [0.05, 0.1) is 19.9 Å². The topological polar surface area (TPSA) is 89.0 Å².